The molecule has 180 valence electrons. The molecule has 2 aromatic rings. The Balaban J connectivity index is 1.91. The van der Waals surface area contributed by atoms with Gasteiger partial charge in [0.25, 0.3) is 0 Å². The smallest absolute Gasteiger partial charge is 0.410 e. The highest BCUT2D eigenvalue weighted by atomic mass is 16.6. The molecule has 0 saturated carbocycles. The number of Topliss-reactive ketones (excluding diaryl/α,β-unsaturated/α-hetero) is 1. The van der Waals surface area contributed by atoms with Gasteiger partial charge in [-0.15, -0.1) is 0 Å². The number of carbonyl (C=O) groups excluding carboxylic acids is 4. The SMILES string of the molecule is CCOC(=O)[C@@H]1[C@@H](CC(=O)OC)[C@@H](C(=O)c2ccc(C)cc2)CN1C(=O)OCc1ccccc1. The van der Waals surface area contributed by atoms with Gasteiger partial charge in [-0.3, -0.25) is 14.5 Å². The molecule has 1 aliphatic rings. The lowest BCUT2D eigenvalue weighted by Gasteiger charge is -2.25. The minimum Gasteiger partial charge on any atom is -0.469 e. The number of carbonyl (C=O) groups is 4. The van der Waals surface area contributed by atoms with E-state index in [0.717, 1.165) is 11.1 Å². The number of ketones is 1. The van der Waals surface area contributed by atoms with Gasteiger partial charge in [0.2, 0.25) is 0 Å². The standard InChI is InChI=1S/C26H29NO7/c1-4-33-25(30)23-20(14-22(28)32-3)21(24(29)19-12-10-17(2)11-13-19)15-27(23)26(31)34-16-18-8-6-5-7-9-18/h5-13,20-21,23H,4,14-16H2,1-3H3/t20-,21-,23-/m0/s1. The third-order valence-electron chi connectivity index (χ3n) is 5.92. The van der Waals surface area contributed by atoms with Gasteiger partial charge in [0.15, 0.2) is 5.78 Å². The molecule has 8 heteroatoms. The molecule has 0 aromatic heterocycles. The average molecular weight is 468 g/mol. The minimum atomic E-state index is -1.15. The topological polar surface area (TPSA) is 99.2 Å². The second kappa shape index (κ2) is 11.4. The molecule has 1 heterocycles. The Morgan fingerprint density at radius 1 is 0.971 bits per heavy atom. The molecule has 0 unspecified atom stereocenters. The molecule has 0 bridgehead atoms. The Hall–Kier alpha value is -3.68. The van der Waals surface area contributed by atoms with Crippen molar-refractivity contribution in [3.8, 4) is 0 Å². The highest BCUT2D eigenvalue weighted by Crippen LogP contribution is 2.36. The van der Waals surface area contributed by atoms with Gasteiger partial charge in [-0.1, -0.05) is 60.2 Å². The quantitative estimate of drug-likeness (QED) is 0.333. The van der Waals surface area contributed by atoms with Gasteiger partial charge < -0.3 is 14.2 Å². The van der Waals surface area contributed by atoms with Crippen molar-refractivity contribution in [3.63, 3.8) is 0 Å². The van der Waals surface area contributed by atoms with E-state index in [-0.39, 0.29) is 32.0 Å². The van der Waals surface area contributed by atoms with E-state index in [1.165, 1.54) is 12.0 Å². The fourth-order valence-electron chi connectivity index (χ4n) is 4.17. The second-order valence-corrected chi connectivity index (χ2v) is 8.17. The fraction of sp³-hybridized carbons (Fsp3) is 0.385. The minimum absolute atomic E-state index is 0.00393. The number of benzene rings is 2. The van der Waals surface area contributed by atoms with Gasteiger partial charge in [-0.05, 0) is 19.4 Å². The van der Waals surface area contributed by atoms with Crippen molar-refractivity contribution in [1.82, 2.24) is 4.90 Å². The molecule has 1 fully saturated rings. The van der Waals surface area contributed by atoms with Gasteiger partial charge in [0.1, 0.15) is 12.6 Å². The number of nitrogens with zero attached hydrogens (tertiary/aromatic N) is 1. The maximum Gasteiger partial charge on any atom is 0.410 e. The summed E-state index contributed by atoms with van der Waals surface area (Å²) in [6, 6.07) is 15.0. The van der Waals surface area contributed by atoms with E-state index in [1.807, 2.05) is 49.4 Å². The number of hydrogen-bond acceptors (Lipinski definition) is 7. The monoisotopic (exact) mass is 467 g/mol. The number of amides is 1. The maximum atomic E-state index is 13.4. The molecule has 3 rings (SSSR count). The highest BCUT2D eigenvalue weighted by molar-refractivity contribution is 6.00. The Morgan fingerprint density at radius 2 is 1.65 bits per heavy atom. The molecule has 1 saturated heterocycles. The van der Waals surface area contributed by atoms with E-state index < -0.39 is 35.9 Å². The number of esters is 2. The number of hydrogen-bond donors (Lipinski definition) is 0. The molecule has 8 nitrogen and oxygen atoms in total. The van der Waals surface area contributed by atoms with Gasteiger partial charge >= 0.3 is 18.0 Å². The highest BCUT2D eigenvalue weighted by Gasteiger charge is 2.52. The van der Waals surface area contributed by atoms with Crippen LogP contribution in [0, 0.1) is 18.8 Å². The van der Waals surface area contributed by atoms with E-state index in [0.29, 0.717) is 5.56 Å². The van der Waals surface area contributed by atoms with Crippen LogP contribution in [-0.2, 0) is 30.4 Å². The van der Waals surface area contributed by atoms with Crippen LogP contribution in [-0.4, -0.2) is 55.0 Å². The number of aryl methyl sites for hydroxylation is 1. The van der Waals surface area contributed by atoms with Crippen LogP contribution >= 0.6 is 0 Å². The van der Waals surface area contributed by atoms with Crippen molar-refractivity contribution in [3.05, 3.63) is 71.3 Å². The zero-order valence-electron chi connectivity index (χ0n) is 19.6. The first-order valence-corrected chi connectivity index (χ1v) is 11.2. The van der Waals surface area contributed by atoms with Crippen LogP contribution in [0.4, 0.5) is 4.79 Å². The summed E-state index contributed by atoms with van der Waals surface area (Å²) in [7, 11) is 1.24. The zero-order chi connectivity index (χ0) is 24.7. The number of methoxy groups -OCH3 is 1. The third kappa shape index (κ3) is 5.81. The van der Waals surface area contributed by atoms with Crippen LogP contribution in [0.15, 0.2) is 54.6 Å². The average Bonchev–Trinajstić information content (AvgIpc) is 3.22. The van der Waals surface area contributed by atoms with E-state index in [1.54, 1.807) is 19.1 Å². The van der Waals surface area contributed by atoms with Crippen LogP contribution in [0.25, 0.3) is 0 Å². The molecule has 0 spiro atoms. The number of ether oxygens (including phenoxy) is 3. The summed E-state index contributed by atoms with van der Waals surface area (Å²) in [5.74, 6) is -3.15. The summed E-state index contributed by atoms with van der Waals surface area (Å²) < 4.78 is 15.5. The van der Waals surface area contributed by atoms with Crippen molar-refractivity contribution in [2.24, 2.45) is 11.8 Å². The van der Waals surface area contributed by atoms with Crippen LogP contribution in [0.2, 0.25) is 0 Å². The summed E-state index contributed by atoms with van der Waals surface area (Å²) in [5.41, 5.74) is 2.21. The first kappa shape index (κ1) is 25.0. The molecule has 3 atom stereocenters. The zero-order valence-corrected chi connectivity index (χ0v) is 19.6. The van der Waals surface area contributed by atoms with Crippen LogP contribution in [0.1, 0.15) is 34.8 Å². The Kier molecular flexibility index (Phi) is 8.40. The van der Waals surface area contributed by atoms with E-state index >= 15 is 0 Å². The summed E-state index contributed by atoms with van der Waals surface area (Å²) in [6.07, 6.45) is -0.971. The first-order valence-electron chi connectivity index (χ1n) is 11.2. The summed E-state index contributed by atoms with van der Waals surface area (Å²) in [6.45, 7) is 3.57. The van der Waals surface area contributed by atoms with Crippen molar-refractivity contribution < 1.29 is 33.4 Å². The number of likely N-dealkylation sites (tertiary alicyclic amines) is 1. The summed E-state index contributed by atoms with van der Waals surface area (Å²) in [4.78, 5) is 52.8. The molecule has 1 amide bonds. The van der Waals surface area contributed by atoms with Crippen molar-refractivity contribution >= 4 is 23.8 Å². The second-order valence-electron chi connectivity index (χ2n) is 8.17. The molecule has 2 aromatic carbocycles. The van der Waals surface area contributed by atoms with E-state index in [9.17, 15) is 19.2 Å². The Labute approximate surface area is 198 Å². The predicted molar refractivity (Wildman–Crippen MR) is 123 cm³/mol. The Bertz CT molecular complexity index is 1020. The fourth-order valence-corrected chi connectivity index (χ4v) is 4.17. The Morgan fingerprint density at radius 3 is 2.26 bits per heavy atom. The van der Waals surface area contributed by atoms with E-state index in [2.05, 4.69) is 0 Å². The summed E-state index contributed by atoms with van der Waals surface area (Å²) in [5, 5.41) is 0. The first-order chi connectivity index (χ1) is 16.3. The van der Waals surface area contributed by atoms with Crippen molar-refractivity contribution in [1.29, 1.82) is 0 Å². The predicted octanol–water partition coefficient (Wildman–Crippen LogP) is 3.56. The molecule has 0 aliphatic carbocycles. The lowest BCUT2D eigenvalue weighted by atomic mass is 9.82. The lowest BCUT2D eigenvalue weighted by Crippen LogP contribution is -2.45. The molecular formula is C26H29NO7. The van der Waals surface area contributed by atoms with Crippen LogP contribution in [0.3, 0.4) is 0 Å². The van der Waals surface area contributed by atoms with Gasteiger partial charge in [-0.25, -0.2) is 9.59 Å². The molecule has 34 heavy (non-hydrogen) atoms. The molecular weight excluding hydrogens is 438 g/mol. The largest absolute Gasteiger partial charge is 0.469 e. The van der Waals surface area contributed by atoms with E-state index in [4.69, 9.17) is 14.2 Å². The maximum absolute atomic E-state index is 13.4. The van der Waals surface area contributed by atoms with Crippen LogP contribution < -0.4 is 0 Å². The van der Waals surface area contributed by atoms with Gasteiger partial charge in [0.05, 0.1) is 20.1 Å². The molecule has 0 radical (unpaired) electrons. The summed E-state index contributed by atoms with van der Waals surface area (Å²) >= 11 is 0. The lowest BCUT2D eigenvalue weighted by molar-refractivity contribution is -0.150. The van der Waals surface area contributed by atoms with Crippen LogP contribution in [0.5, 0.6) is 0 Å². The normalized spacial score (nSPS) is 19.4. The van der Waals surface area contributed by atoms with Gasteiger partial charge in [-0.2, -0.15) is 0 Å². The van der Waals surface area contributed by atoms with Gasteiger partial charge in [0, 0.05) is 23.9 Å². The molecule has 0 N–H and O–H groups in total. The van der Waals surface area contributed by atoms with Crippen molar-refractivity contribution in [2.75, 3.05) is 20.3 Å². The molecule has 1 aliphatic heterocycles. The third-order valence-corrected chi connectivity index (χ3v) is 5.92. The number of rotatable bonds is 8. The van der Waals surface area contributed by atoms with Crippen molar-refractivity contribution in [2.45, 2.75) is 32.9 Å².